The van der Waals surface area contributed by atoms with Gasteiger partial charge in [-0.1, -0.05) is 24.3 Å². The number of carbonyl (C=O) groups is 2. The van der Waals surface area contributed by atoms with Crippen LogP contribution in [0.4, 0.5) is 0 Å². The number of hydrogen-bond donors (Lipinski definition) is 3. The normalized spacial score (nSPS) is 11.1. The molecule has 0 aliphatic rings. The van der Waals surface area contributed by atoms with E-state index in [2.05, 4.69) is 10.6 Å². The molecule has 154 valence electrons. The second-order valence-electron chi connectivity index (χ2n) is 6.71. The van der Waals surface area contributed by atoms with Crippen LogP contribution in [0.2, 0.25) is 0 Å². The number of likely N-dealkylation sites (N-methyl/N-ethyl adjacent to an activating group) is 1. The van der Waals surface area contributed by atoms with Gasteiger partial charge in [0, 0.05) is 5.56 Å². The van der Waals surface area contributed by atoms with Crippen LogP contribution < -0.4 is 25.0 Å². The fourth-order valence-electron chi connectivity index (χ4n) is 2.57. The summed E-state index contributed by atoms with van der Waals surface area (Å²) in [7, 11) is 7.10. The third kappa shape index (κ3) is 6.65. The second kappa shape index (κ2) is 10.9. The second-order valence-corrected chi connectivity index (χ2v) is 6.71. The van der Waals surface area contributed by atoms with Gasteiger partial charge in [0.15, 0.2) is 11.5 Å². The molecule has 2 amide bonds. The molecule has 0 radical (unpaired) electrons. The molecule has 0 saturated heterocycles. The number of hydrogen-bond acceptors (Lipinski definition) is 4. The first-order valence-electron chi connectivity index (χ1n) is 9.32. The molecule has 0 unspecified atom stereocenters. The Hall–Kier alpha value is -3.32. The lowest BCUT2D eigenvalue weighted by atomic mass is 10.1. The fraction of sp³-hybridized carbons (Fsp3) is 0.273. The summed E-state index contributed by atoms with van der Waals surface area (Å²) in [5, 5.41) is 5.56. The Bertz CT molecular complexity index is 864. The molecule has 7 nitrogen and oxygen atoms in total. The average Bonchev–Trinajstić information content (AvgIpc) is 2.73. The van der Waals surface area contributed by atoms with Gasteiger partial charge >= 0.3 is 0 Å². The van der Waals surface area contributed by atoms with E-state index in [0.717, 1.165) is 6.54 Å². The van der Waals surface area contributed by atoms with E-state index in [1.54, 1.807) is 62.8 Å². The van der Waals surface area contributed by atoms with Crippen LogP contribution in [0, 0.1) is 0 Å². The molecule has 29 heavy (non-hydrogen) atoms. The fourth-order valence-corrected chi connectivity index (χ4v) is 2.57. The van der Waals surface area contributed by atoms with E-state index in [1.807, 2.05) is 20.2 Å². The minimum Gasteiger partial charge on any atom is -0.493 e. The highest BCUT2D eigenvalue weighted by atomic mass is 16.5. The van der Waals surface area contributed by atoms with E-state index in [0.29, 0.717) is 29.2 Å². The minimum atomic E-state index is -0.356. The van der Waals surface area contributed by atoms with Gasteiger partial charge in [-0.3, -0.25) is 9.59 Å². The van der Waals surface area contributed by atoms with Crippen LogP contribution >= 0.6 is 0 Å². The monoisotopic (exact) mass is 398 g/mol. The predicted molar refractivity (Wildman–Crippen MR) is 112 cm³/mol. The van der Waals surface area contributed by atoms with Gasteiger partial charge in [0.2, 0.25) is 0 Å². The third-order valence-electron chi connectivity index (χ3n) is 4.16. The molecule has 0 heterocycles. The molecule has 2 aromatic carbocycles. The molecule has 0 aliphatic heterocycles. The summed E-state index contributed by atoms with van der Waals surface area (Å²) in [6, 6.07) is 14.0. The average molecular weight is 398 g/mol. The molecule has 7 heteroatoms. The summed E-state index contributed by atoms with van der Waals surface area (Å²) in [5.74, 6) is 0.403. The van der Waals surface area contributed by atoms with E-state index in [-0.39, 0.29) is 17.5 Å². The number of quaternary nitrogens is 1. The number of benzene rings is 2. The van der Waals surface area contributed by atoms with Gasteiger partial charge in [0.1, 0.15) is 5.70 Å². The van der Waals surface area contributed by atoms with Crippen LogP contribution in [0.1, 0.15) is 15.9 Å². The maximum atomic E-state index is 12.7. The quantitative estimate of drug-likeness (QED) is 0.544. The maximum Gasteiger partial charge on any atom is 0.268 e. The number of amides is 2. The van der Waals surface area contributed by atoms with Crippen molar-refractivity contribution in [3.05, 3.63) is 65.4 Å². The number of rotatable bonds is 9. The van der Waals surface area contributed by atoms with Crippen molar-refractivity contribution in [3.8, 4) is 11.5 Å². The molecule has 0 aromatic heterocycles. The Kier molecular flexibility index (Phi) is 8.24. The lowest BCUT2D eigenvalue weighted by Crippen LogP contribution is -3.06. The van der Waals surface area contributed by atoms with Gasteiger partial charge in [0.25, 0.3) is 11.8 Å². The smallest absolute Gasteiger partial charge is 0.268 e. The van der Waals surface area contributed by atoms with E-state index in [9.17, 15) is 9.59 Å². The van der Waals surface area contributed by atoms with Crippen molar-refractivity contribution in [1.29, 1.82) is 0 Å². The first kappa shape index (κ1) is 22.0. The molecule has 2 rings (SSSR count). The molecule has 3 N–H and O–H groups in total. The summed E-state index contributed by atoms with van der Waals surface area (Å²) in [5.41, 5.74) is 1.32. The maximum absolute atomic E-state index is 12.7. The largest absolute Gasteiger partial charge is 0.493 e. The van der Waals surface area contributed by atoms with Crippen LogP contribution in [0.3, 0.4) is 0 Å². The summed E-state index contributed by atoms with van der Waals surface area (Å²) in [6.07, 6.45) is 1.61. The molecule has 0 saturated carbocycles. The van der Waals surface area contributed by atoms with Gasteiger partial charge in [-0.15, -0.1) is 0 Å². The van der Waals surface area contributed by atoms with Crippen molar-refractivity contribution in [1.82, 2.24) is 10.6 Å². The van der Waals surface area contributed by atoms with Gasteiger partial charge in [-0.2, -0.15) is 0 Å². The zero-order valence-corrected chi connectivity index (χ0v) is 17.2. The molecule has 0 aliphatic carbocycles. The zero-order chi connectivity index (χ0) is 21.2. The number of nitrogens with one attached hydrogen (secondary N) is 3. The summed E-state index contributed by atoms with van der Waals surface area (Å²) in [4.78, 5) is 26.5. The van der Waals surface area contributed by atoms with E-state index >= 15 is 0 Å². The first-order chi connectivity index (χ1) is 13.9. The van der Waals surface area contributed by atoms with Crippen molar-refractivity contribution in [2.24, 2.45) is 0 Å². The Morgan fingerprint density at radius 2 is 1.69 bits per heavy atom. The molecule has 2 aromatic rings. The third-order valence-corrected chi connectivity index (χ3v) is 4.16. The minimum absolute atomic E-state index is 0.153. The van der Waals surface area contributed by atoms with Crippen molar-refractivity contribution in [2.75, 3.05) is 41.4 Å². The highest BCUT2D eigenvalue weighted by molar-refractivity contribution is 6.05. The van der Waals surface area contributed by atoms with Crippen molar-refractivity contribution in [3.63, 3.8) is 0 Å². The standard InChI is InChI=1S/C22H27N3O4/c1-25(2)13-12-23-22(27)18(24-21(26)17-8-6-5-7-9-17)14-16-10-11-19(28-3)20(15-16)29-4/h5-11,14-15H,12-13H2,1-4H3,(H,23,27)(H,24,26)/p+1/b18-14-. The van der Waals surface area contributed by atoms with Crippen LogP contribution in [-0.4, -0.2) is 53.2 Å². The molecular formula is C22H28N3O4+. The molecule has 0 atom stereocenters. The van der Waals surface area contributed by atoms with E-state index in [4.69, 9.17) is 9.47 Å². The SMILES string of the molecule is COc1ccc(/C=C(\NC(=O)c2ccccc2)C(=O)NCC[NH+](C)C)cc1OC. The van der Waals surface area contributed by atoms with Gasteiger partial charge in [0.05, 0.1) is 41.4 Å². The number of ether oxygens (including phenoxy) is 2. The molecule has 0 fully saturated rings. The van der Waals surface area contributed by atoms with Crippen LogP contribution in [-0.2, 0) is 4.79 Å². The zero-order valence-electron chi connectivity index (χ0n) is 17.2. The Labute approximate surface area is 171 Å². The predicted octanol–water partition coefficient (Wildman–Crippen LogP) is 0.735. The number of carbonyl (C=O) groups excluding carboxylic acids is 2. The van der Waals surface area contributed by atoms with Crippen LogP contribution in [0.15, 0.2) is 54.2 Å². The van der Waals surface area contributed by atoms with Crippen molar-refractivity contribution >= 4 is 17.9 Å². The molecular weight excluding hydrogens is 370 g/mol. The number of methoxy groups -OCH3 is 2. The Morgan fingerprint density at radius 3 is 2.31 bits per heavy atom. The Morgan fingerprint density at radius 1 is 1.00 bits per heavy atom. The van der Waals surface area contributed by atoms with Gasteiger partial charge < -0.3 is 25.0 Å². The first-order valence-corrected chi connectivity index (χ1v) is 9.32. The van der Waals surface area contributed by atoms with Crippen molar-refractivity contribution in [2.45, 2.75) is 0 Å². The highest BCUT2D eigenvalue weighted by Gasteiger charge is 2.15. The lowest BCUT2D eigenvalue weighted by molar-refractivity contribution is -0.856. The van der Waals surface area contributed by atoms with Gasteiger partial charge in [-0.05, 0) is 35.9 Å². The topological polar surface area (TPSA) is 81.1 Å². The highest BCUT2D eigenvalue weighted by Crippen LogP contribution is 2.28. The van der Waals surface area contributed by atoms with Gasteiger partial charge in [-0.25, -0.2) is 0 Å². The van der Waals surface area contributed by atoms with E-state index < -0.39 is 0 Å². The van der Waals surface area contributed by atoms with Crippen LogP contribution in [0.5, 0.6) is 11.5 Å². The van der Waals surface area contributed by atoms with E-state index in [1.165, 1.54) is 4.90 Å². The van der Waals surface area contributed by atoms with Crippen molar-refractivity contribution < 1.29 is 24.0 Å². The Balaban J connectivity index is 2.29. The summed E-state index contributed by atoms with van der Waals surface area (Å²) in [6.45, 7) is 1.26. The van der Waals surface area contributed by atoms with Crippen LogP contribution in [0.25, 0.3) is 6.08 Å². The summed E-state index contributed by atoms with van der Waals surface area (Å²) < 4.78 is 10.6. The summed E-state index contributed by atoms with van der Waals surface area (Å²) >= 11 is 0. The molecule has 0 spiro atoms. The molecule has 0 bridgehead atoms. The lowest BCUT2D eigenvalue weighted by Gasteiger charge is -2.13.